The van der Waals surface area contributed by atoms with E-state index in [1.165, 1.54) is 31.7 Å². The maximum Gasteiger partial charge on any atom is 0.275 e. The molecule has 0 amide bonds. The zero-order valence-electron chi connectivity index (χ0n) is 12.8. The van der Waals surface area contributed by atoms with Crippen molar-refractivity contribution < 1.29 is 9.66 Å². The van der Waals surface area contributed by atoms with Crippen LogP contribution in [0.15, 0.2) is 18.2 Å². The first-order chi connectivity index (χ1) is 10.1. The Morgan fingerprint density at radius 3 is 2.86 bits per heavy atom. The second-order valence-corrected chi connectivity index (χ2v) is 5.92. The van der Waals surface area contributed by atoms with Crippen LogP contribution in [0.2, 0.25) is 0 Å². The third kappa shape index (κ3) is 4.62. The van der Waals surface area contributed by atoms with Gasteiger partial charge in [-0.3, -0.25) is 10.1 Å². The summed E-state index contributed by atoms with van der Waals surface area (Å²) in [5.41, 5.74) is 0.839. The van der Waals surface area contributed by atoms with Crippen molar-refractivity contribution in [1.29, 1.82) is 0 Å². The largest absolute Gasteiger partial charge is 0.494 e. The van der Waals surface area contributed by atoms with Gasteiger partial charge in [-0.15, -0.1) is 0 Å². The van der Waals surface area contributed by atoms with Gasteiger partial charge >= 0.3 is 0 Å². The van der Waals surface area contributed by atoms with Gasteiger partial charge in [0.15, 0.2) is 0 Å². The van der Waals surface area contributed by atoms with Crippen LogP contribution in [-0.4, -0.2) is 18.1 Å². The molecule has 2 atom stereocenters. The van der Waals surface area contributed by atoms with E-state index < -0.39 is 0 Å². The molecule has 116 valence electrons. The molecule has 0 radical (unpaired) electrons. The number of rotatable bonds is 6. The highest BCUT2D eigenvalue weighted by molar-refractivity contribution is 5.56. The molecule has 1 aromatic carbocycles. The van der Waals surface area contributed by atoms with Crippen molar-refractivity contribution in [2.45, 2.75) is 39.5 Å². The van der Waals surface area contributed by atoms with Crippen LogP contribution in [-0.2, 0) is 0 Å². The summed E-state index contributed by atoms with van der Waals surface area (Å²) in [4.78, 5) is 10.6. The molecule has 1 fully saturated rings. The number of nitro benzene ring substituents is 1. The molecule has 1 aliphatic carbocycles. The minimum absolute atomic E-state index is 0.0699. The van der Waals surface area contributed by atoms with Gasteiger partial charge in [0.25, 0.3) is 5.69 Å². The molecule has 1 N–H and O–H groups in total. The summed E-state index contributed by atoms with van der Waals surface area (Å²) in [7, 11) is 0. The Morgan fingerprint density at radius 2 is 2.19 bits per heavy atom. The van der Waals surface area contributed by atoms with Crippen molar-refractivity contribution in [1.82, 2.24) is 0 Å². The van der Waals surface area contributed by atoms with Crippen molar-refractivity contribution in [3.05, 3.63) is 28.3 Å². The smallest absolute Gasteiger partial charge is 0.275 e. The molecule has 21 heavy (non-hydrogen) atoms. The molecule has 0 saturated heterocycles. The predicted molar refractivity (Wildman–Crippen MR) is 83.9 cm³/mol. The highest BCUT2D eigenvalue weighted by atomic mass is 16.6. The van der Waals surface area contributed by atoms with Crippen molar-refractivity contribution in [3.63, 3.8) is 0 Å². The van der Waals surface area contributed by atoms with Crippen molar-refractivity contribution in [2.24, 2.45) is 11.8 Å². The van der Waals surface area contributed by atoms with E-state index in [2.05, 4.69) is 12.2 Å². The SMILES string of the molecule is CCOc1cc(NCC2CCCC(C)C2)cc([N+](=O)[O-])c1. The van der Waals surface area contributed by atoms with E-state index in [4.69, 9.17) is 4.74 Å². The number of nitrogens with one attached hydrogen (secondary N) is 1. The second-order valence-electron chi connectivity index (χ2n) is 5.92. The minimum Gasteiger partial charge on any atom is -0.494 e. The number of ether oxygens (including phenoxy) is 1. The highest BCUT2D eigenvalue weighted by Gasteiger charge is 2.19. The lowest BCUT2D eigenvalue weighted by atomic mass is 9.82. The fraction of sp³-hybridized carbons (Fsp3) is 0.625. The van der Waals surface area contributed by atoms with Gasteiger partial charge in [0, 0.05) is 24.4 Å². The second kappa shape index (κ2) is 7.29. The van der Waals surface area contributed by atoms with Crippen LogP contribution in [0.4, 0.5) is 11.4 Å². The first-order valence-corrected chi connectivity index (χ1v) is 7.74. The van der Waals surface area contributed by atoms with Gasteiger partial charge in [0.2, 0.25) is 0 Å². The maximum atomic E-state index is 11.0. The summed E-state index contributed by atoms with van der Waals surface area (Å²) in [5.74, 6) is 1.99. The molecule has 0 spiro atoms. The van der Waals surface area contributed by atoms with Gasteiger partial charge in [-0.05, 0) is 31.6 Å². The van der Waals surface area contributed by atoms with Gasteiger partial charge in [-0.1, -0.05) is 19.8 Å². The van der Waals surface area contributed by atoms with Gasteiger partial charge < -0.3 is 10.1 Å². The fourth-order valence-corrected chi connectivity index (χ4v) is 3.05. The highest BCUT2D eigenvalue weighted by Crippen LogP contribution is 2.30. The monoisotopic (exact) mass is 292 g/mol. The first kappa shape index (κ1) is 15.6. The molecule has 1 aliphatic rings. The predicted octanol–water partition coefficient (Wildman–Crippen LogP) is 4.23. The molecule has 0 bridgehead atoms. The van der Waals surface area contributed by atoms with Crippen molar-refractivity contribution >= 4 is 11.4 Å². The number of anilines is 1. The Balaban J connectivity index is 2.02. The van der Waals surface area contributed by atoms with E-state index in [0.29, 0.717) is 18.3 Å². The maximum absolute atomic E-state index is 11.0. The third-order valence-corrected chi connectivity index (χ3v) is 4.05. The Labute approximate surface area is 125 Å². The van der Waals surface area contributed by atoms with E-state index in [0.717, 1.165) is 18.2 Å². The number of nitrogens with zero attached hydrogens (tertiary/aromatic N) is 1. The summed E-state index contributed by atoms with van der Waals surface area (Å²) >= 11 is 0. The van der Waals surface area contributed by atoms with Crippen LogP contribution in [0.5, 0.6) is 5.75 Å². The van der Waals surface area contributed by atoms with Gasteiger partial charge in [-0.2, -0.15) is 0 Å². The molecule has 5 nitrogen and oxygen atoms in total. The average molecular weight is 292 g/mol. The molecule has 1 saturated carbocycles. The number of benzene rings is 1. The normalized spacial score (nSPS) is 21.8. The Hall–Kier alpha value is -1.78. The van der Waals surface area contributed by atoms with Gasteiger partial charge in [-0.25, -0.2) is 0 Å². The summed E-state index contributed by atoms with van der Waals surface area (Å²) in [6, 6.07) is 4.88. The molecule has 0 aromatic heterocycles. The zero-order valence-corrected chi connectivity index (χ0v) is 12.8. The van der Waals surface area contributed by atoms with Gasteiger partial charge in [0.05, 0.1) is 17.6 Å². The standard InChI is InChI=1S/C16H24N2O3/c1-3-21-16-9-14(8-15(10-16)18(19)20)17-11-13-6-4-5-12(2)7-13/h8-10,12-13,17H,3-7,11H2,1-2H3. The number of hydrogen-bond donors (Lipinski definition) is 1. The Bertz CT molecular complexity index is 490. The van der Waals surface area contributed by atoms with Crippen molar-refractivity contribution in [3.8, 4) is 5.75 Å². The van der Waals surface area contributed by atoms with E-state index >= 15 is 0 Å². The zero-order chi connectivity index (χ0) is 15.2. The first-order valence-electron chi connectivity index (χ1n) is 7.74. The van der Waals surface area contributed by atoms with Crippen LogP contribution < -0.4 is 10.1 Å². The van der Waals surface area contributed by atoms with Crippen LogP contribution in [0.1, 0.15) is 39.5 Å². The van der Waals surface area contributed by atoms with Crippen LogP contribution in [0, 0.1) is 22.0 Å². The van der Waals surface area contributed by atoms with Crippen LogP contribution in [0.3, 0.4) is 0 Å². The molecule has 1 aromatic rings. The number of non-ortho nitro benzene ring substituents is 1. The van der Waals surface area contributed by atoms with E-state index in [9.17, 15) is 10.1 Å². The summed E-state index contributed by atoms with van der Waals surface area (Å²) in [6.45, 7) is 5.54. The summed E-state index contributed by atoms with van der Waals surface area (Å²) < 4.78 is 5.40. The third-order valence-electron chi connectivity index (χ3n) is 4.05. The lowest BCUT2D eigenvalue weighted by molar-refractivity contribution is -0.384. The van der Waals surface area contributed by atoms with Crippen LogP contribution >= 0.6 is 0 Å². The molecule has 5 heteroatoms. The Kier molecular flexibility index (Phi) is 5.42. The van der Waals surface area contributed by atoms with Gasteiger partial charge in [0.1, 0.15) is 5.75 Å². The number of nitro groups is 1. The molecule has 0 aliphatic heterocycles. The minimum atomic E-state index is -0.379. The van der Waals surface area contributed by atoms with E-state index in [1.807, 2.05) is 13.0 Å². The molecule has 2 unspecified atom stereocenters. The quantitative estimate of drug-likeness (QED) is 0.629. The molecule has 2 rings (SSSR count). The number of hydrogen-bond acceptors (Lipinski definition) is 4. The molecular formula is C16H24N2O3. The molecular weight excluding hydrogens is 268 g/mol. The lowest BCUT2D eigenvalue weighted by Crippen LogP contribution is -2.21. The summed E-state index contributed by atoms with van der Waals surface area (Å²) in [5, 5.41) is 14.3. The fourth-order valence-electron chi connectivity index (χ4n) is 3.05. The van der Waals surface area contributed by atoms with E-state index in [1.54, 1.807) is 6.07 Å². The van der Waals surface area contributed by atoms with Crippen molar-refractivity contribution in [2.75, 3.05) is 18.5 Å². The molecule has 0 heterocycles. The topological polar surface area (TPSA) is 64.4 Å². The Morgan fingerprint density at radius 1 is 1.38 bits per heavy atom. The average Bonchev–Trinajstić information content (AvgIpc) is 2.45. The van der Waals surface area contributed by atoms with Crippen LogP contribution in [0.25, 0.3) is 0 Å². The lowest BCUT2D eigenvalue weighted by Gasteiger charge is -2.27. The summed E-state index contributed by atoms with van der Waals surface area (Å²) in [6.07, 6.45) is 5.08. The van der Waals surface area contributed by atoms with E-state index in [-0.39, 0.29) is 10.6 Å².